The number of rotatable bonds is 3. The summed E-state index contributed by atoms with van der Waals surface area (Å²) in [5, 5.41) is 20.1. The molecular formula is C19H11BrN4O2. The highest BCUT2D eigenvalue weighted by molar-refractivity contribution is 9.10. The Morgan fingerprint density at radius 3 is 2.92 bits per heavy atom. The van der Waals surface area contributed by atoms with E-state index in [0.29, 0.717) is 21.3 Å². The van der Waals surface area contributed by atoms with Gasteiger partial charge in [0.25, 0.3) is 5.91 Å². The minimum absolute atomic E-state index is 0.304. The van der Waals surface area contributed by atoms with Gasteiger partial charge in [-0.3, -0.25) is 9.89 Å². The smallest absolute Gasteiger partial charge is 0.256 e. The topological polar surface area (TPSA) is 94.7 Å². The summed E-state index contributed by atoms with van der Waals surface area (Å²) in [5.74, 6) is -0.304. The molecule has 0 spiro atoms. The molecule has 0 atom stereocenters. The maximum Gasteiger partial charge on any atom is 0.256 e. The van der Waals surface area contributed by atoms with Crippen LogP contribution in [0.4, 0.5) is 5.69 Å². The number of furan rings is 1. The van der Waals surface area contributed by atoms with Crippen LogP contribution in [0.5, 0.6) is 0 Å². The third-order valence-corrected chi connectivity index (χ3v) is 4.83. The Bertz CT molecular complexity index is 1160. The summed E-state index contributed by atoms with van der Waals surface area (Å²) in [6.45, 7) is 0. The van der Waals surface area contributed by atoms with Crippen molar-refractivity contribution in [3.63, 3.8) is 0 Å². The summed E-state index contributed by atoms with van der Waals surface area (Å²) in [6.07, 6.45) is 3.20. The molecule has 0 radical (unpaired) electrons. The Morgan fingerprint density at radius 1 is 1.27 bits per heavy atom. The summed E-state index contributed by atoms with van der Waals surface area (Å²) in [7, 11) is 0. The van der Waals surface area contributed by atoms with E-state index < -0.39 is 0 Å². The molecule has 0 bridgehead atoms. The molecule has 0 aliphatic heterocycles. The third-order valence-electron chi connectivity index (χ3n) is 3.98. The van der Waals surface area contributed by atoms with Crippen LogP contribution in [0, 0.1) is 11.3 Å². The molecule has 0 saturated carbocycles. The zero-order valence-corrected chi connectivity index (χ0v) is 14.9. The van der Waals surface area contributed by atoms with Crippen molar-refractivity contribution in [2.75, 3.05) is 5.32 Å². The molecule has 2 heterocycles. The Kier molecular flexibility index (Phi) is 4.03. The van der Waals surface area contributed by atoms with Crippen molar-refractivity contribution in [3.8, 4) is 17.3 Å². The molecule has 0 aliphatic rings. The third kappa shape index (κ3) is 2.76. The van der Waals surface area contributed by atoms with Crippen LogP contribution in [-0.2, 0) is 0 Å². The lowest BCUT2D eigenvalue weighted by Gasteiger charge is -2.08. The molecule has 1 amide bonds. The van der Waals surface area contributed by atoms with Gasteiger partial charge in [0.05, 0.1) is 29.2 Å². The van der Waals surface area contributed by atoms with E-state index in [4.69, 9.17) is 9.68 Å². The van der Waals surface area contributed by atoms with Gasteiger partial charge < -0.3 is 9.73 Å². The minimum Gasteiger partial charge on any atom is -0.472 e. The van der Waals surface area contributed by atoms with Crippen LogP contribution >= 0.6 is 15.9 Å². The van der Waals surface area contributed by atoms with Crippen LogP contribution in [-0.4, -0.2) is 16.1 Å². The lowest BCUT2D eigenvalue weighted by molar-refractivity contribution is 0.102. The van der Waals surface area contributed by atoms with Crippen molar-refractivity contribution in [1.29, 1.82) is 5.26 Å². The van der Waals surface area contributed by atoms with E-state index in [1.54, 1.807) is 36.8 Å². The lowest BCUT2D eigenvalue weighted by atomic mass is 10.1. The molecular weight excluding hydrogens is 396 g/mol. The number of benzene rings is 2. The van der Waals surface area contributed by atoms with Gasteiger partial charge in [0, 0.05) is 21.1 Å². The highest BCUT2D eigenvalue weighted by Gasteiger charge is 2.15. The van der Waals surface area contributed by atoms with Gasteiger partial charge in [-0.05, 0) is 52.3 Å². The molecule has 7 heteroatoms. The number of carbonyl (C=O) groups is 1. The second-order valence-corrected chi connectivity index (χ2v) is 6.37. The Hall–Kier alpha value is -3.37. The van der Waals surface area contributed by atoms with Crippen molar-refractivity contribution >= 4 is 38.4 Å². The van der Waals surface area contributed by atoms with Gasteiger partial charge in [0.1, 0.15) is 11.8 Å². The number of carbonyl (C=O) groups excluding carboxylic acids is 1. The number of nitrogens with zero attached hydrogens (tertiary/aromatic N) is 2. The van der Waals surface area contributed by atoms with Crippen LogP contribution in [0.25, 0.3) is 22.2 Å². The van der Waals surface area contributed by atoms with Crippen molar-refractivity contribution in [1.82, 2.24) is 10.2 Å². The number of fused-ring (bicyclic) bond motifs is 1. The first-order chi connectivity index (χ1) is 12.7. The monoisotopic (exact) mass is 406 g/mol. The SMILES string of the molecule is N#Cc1cccc(C(=O)Nc2ccc3[nH]nc(-c4ccoc4)c3c2)c1Br. The Labute approximate surface area is 156 Å². The van der Waals surface area contributed by atoms with Gasteiger partial charge in [-0.2, -0.15) is 10.4 Å². The predicted octanol–water partition coefficient (Wildman–Crippen LogP) is 4.71. The molecule has 4 aromatic rings. The average Bonchev–Trinajstić information content (AvgIpc) is 3.30. The fourth-order valence-corrected chi connectivity index (χ4v) is 3.24. The minimum atomic E-state index is -0.304. The van der Waals surface area contributed by atoms with Gasteiger partial charge in [-0.15, -0.1) is 0 Å². The first-order valence-corrected chi connectivity index (χ1v) is 8.47. The molecule has 2 aromatic heterocycles. The first-order valence-electron chi connectivity index (χ1n) is 7.68. The van der Waals surface area contributed by atoms with Crippen LogP contribution in [0.1, 0.15) is 15.9 Å². The quantitative estimate of drug-likeness (QED) is 0.514. The molecule has 0 aliphatic carbocycles. The zero-order valence-electron chi connectivity index (χ0n) is 13.3. The van der Waals surface area contributed by atoms with Crippen molar-refractivity contribution in [2.24, 2.45) is 0 Å². The number of halogens is 1. The number of H-pyrrole nitrogens is 1. The maximum atomic E-state index is 12.6. The standard InChI is InChI=1S/C19H11BrN4O2/c20-17-11(9-21)2-1-3-14(17)19(25)22-13-4-5-16-15(8-13)18(24-23-16)12-6-7-26-10-12/h1-8,10H,(H,22,25)(H,23,24). The lowest BCUT2D eigenvalue weighted by Crippen LogP contribution is -2.13. The summed E-state index contributed by atoms with van der Waals surface area (Å²) in [6, 6.07) is 14.3. The summed E-state index contributed by atoms with van der Waals surface area (Å²) in [5.41, 5.74) is 3.88. The summed E-state index contributed by atoms with van der Waals surface area (Å²) >= 11 is 3.32. The normalized spacial score (nSPS) is 10.6. The predicted molar refractivity (Wildman–Crippen MR) is 101 cm³/mol. The van der Waals surface area contributed by atoms with E-state index in [1.165, 1.54) is 0 Å². The average molecular weight is 407 g/mol. The Balaban J connectivity index is 1.69. The molecule has 0 fully saturated rings. The number of hydrogen-bond acceptors (Lipinski definition) is 4. The molecule has 0 saturated heterocycles. The van der Waals surface area contributed by atoms with Gasteiger partial charge in [0.15, 0.2) is 0 Å². The number of aromatic amines is 1. The molecule has 4 rings (SSSR count). The van der Waals surface area contributed by atoms with Crippen molar-refractivity contribution < 1.29 is 9.21 Å². The Morgan fingerprint density at radius 2 is 2.15 bits per heavy atom. The molecule has 126 valence electrons. The van der Waals surface area contributed by atoms with Crippen LogP contribution in [0.2, 0.25) is 0 Å². The van der Waals surface area contributed by atoms with E-state index in [1.807, 2.05) is 18.2 Å². The largest absolute Gasteiger partial charge is 0.472 e. The molecule has 6 nitrogen and oxygen atoms in total. The number of nitriles is 1. The van der Waals surface area contributed by atoms with Crippen LogP contribution in [0.15, 0.2) is 63.9 Å². The maximum absolute atomic E-state index is 12.6. The fourth-order valence-electron chi connectivity index (χ4n) is 2.70. The number of hydrogen-bond donors (Lipinski definition) is 2. The molecule has 0 unspecified atom stereocenters. The first kappa shape index (κ1) is 16.1. The number of nitrogens with one attached hydrogen (secondary N) is 2. The van der Waals surface area contributed by atoms with E-state index in [0.717, 1.165) is 22.2 Å². The number of amides is 1. The van der Waals surface area contributed by atoms with E-state index in [-0.39, 0.29) is 5.91 Å². The number of aromatic nitrogens is 2. The van der Waals surface area contributed by atoms with Crippen molar-refractivity contribution in [3.05, 3.63) is 70.6 Å². The van der Waals surface area contributed by atoms with Gasteiger partial charge in [-0.1, -0.05) is 6.07 Å². The van der Waals surface area contributed by atoms with Gasteiger partial charge >= 0.3 is 0 Å². The molecule has 2 N–H and O–H groups in total. The summed E-state index contributed by atoms with van der Waals surface area (Å²) in [4.78, 5) is 12.6. The van der Waals surface area contributed by atoms with E-state index in [2.05, 4.69) is 37.5 Å². The molecule has 26 heavy (non-hydrogen) atoms. The van der Waals surface area contributed by atoms with Gasteiger partial charge in [0.2, 0.25) is 0 Å². The van der Waals surface area contributed by atoms with E-state index >= 15 is 0 Å². The number of anilines is 1. The van der Waals surface area contributed by atoms with Crippen LogP contribution in [0.3, 0.4) is 0 Å². The highest BCUT2D eigenvalue weighted by atomic mass is 79.9. The second kappa shape index (κ2) is 6.50. The van der Waals surface area contributed by atoms with Gasteiger partial charge in [-0.25, -0.2) is 0 Å². The fraction of sp³-hybridized carbons (Fsp3) is 0. The second-order valence-electron chi connectivity index (χ2n) is 5.58. The highest BCUT2D eigenvalue weighted by Crippen LogP contribution is 2.29. The zero-order chi connectivity index (χ0) is 18.1. The van der Waals surface area contributed by atoms with Crippen molar-refractivity contribution in [2.45, 2.75) is 0 Å². The molecule has 2 aromatic carbocycles. The van der Waals surface area contributed by atoms with E-state index in [9.17, 15) is 4.79 Å². The van der Waals surface area contributed by atoms with Crippen LogP contribution < -0.4 is 5.32 Å². The summed E-state index contributed by atoms with van der Waals surface area (Å²) < 4.78 is 5.60.